The van der Waals surface area contributed by atoms with E-state index in [1.165, 1.54) is 11.8 Å². The Morgan fingerprint density at radius 1 is 1.22 bits per heavy atom. The smallest absolute Gasteiger partial charge is 0.264 e. The van der Waals surface area contributed by atoms with Crippen molar-refractivity contribution in [3.8, 4) is 5.75 Å². The molecule has 0 unspecified atom stereocenters. The number of benzene rings is 2. The summed E-state index contributed by atoms with van der Waals surface area (Å²) in [6.45, 7) is 1.85. The van der Waals surface area contributed by atoms with Crippen molar-refractivity contribution in [1.29, 1.82) is 0 Å². The molecule has 1 amide bonds. The fraction of sp³-hybridized carbons (Fsp3) is 0.0588. The second-order valence-electron chi connectivity index (χ2n) is 4.98. The largest absolute Gasteiger partial charge is 0.506 e. The van der Waals surface area contributed by atoms with E-state index in [0.717, 1.165) is 11.1 Å². The summed E-state index contributed by atoms with van der Waals surface area (Å²) in [5.41, 5.74) is 2.18. The number of phenolic OH excluding ortho intramolecular Hbond substituents is 1. The first-order valence-electron chi connectivity index (χ1n) is 6.86. The maximum absolute atomic E-state index is 12.0. The monoisotopic (exact) mass is 344 g/mol. The molecule has 23 heavy (non-hydrogen) atoms. The van der Waals surface area contributed by atoms with Crippen LogP contribution in [0.4, 0.5) is 5.69 Å². The molecule has 0 aliphatic carbocycles. The number of aryl methyl sites for hydroxylation is 1. The Kier molecular flexibility index (Phi) is 4.41. The van der Waals surface area contributed by atoms with E-state index in [4.69, 9.17) is 11.6 Å². The summed E-state index contributed by atoms with van der Waals surface area (Å²) in [5.74, 6) is -0.126. The number of rotatable bonds is 2. The van der Waals surface area contributed by atoms with Crippen LogP contribution in [0.3, 0.4) is 0 Å². The summed E-state index contributed by atoms with van der Waals surface area (Å²) in [6, 6.07) is 12.4. The number of carbonyl (C=O) groups is 1. The number of amides is 1. The van der Waals surface area contributed by atoms with Crippen LogP contribution in [0.15, 0.2) is 52.4 Å². The minimum Gasteiger partial charge on any atom is -0.506 e. The topological polar surface area (TPSA) is 61.7 Å². The zero-order valence-electron chi connectivity index (χ0n) is 12.2. The van der Waals surface area contributed by atoms with E-state index in [0.29, 0.717) is 20.8 Å². The van der Waals surface area contributed by atoms with Gasteiger partial charge in [-0.3, -0.25) is 4.79 Å². The molecule has 1 saturated heterocycles. The molecule has 0 aromatic heterocycles. The third-order valence-corrected chi connectivity index (χ3v) is 4.41. The molecule has 2 aromatic rings. The van der Waals surface area contributed by atoms with Gasteiger partial charge in [-0.15, -0.1) is 0 Å². The number of thioether (sulfide) groups is 1. The number of aliphatic imine (C=N–C) groups is 1. The summed E-state index contributed by atoms with van der Waals surface area (Å²) in [6.07, 6.45) is 1.77. The fourth-order valence-corrected chi connectivity index (χ4v) is 3.04. The molecule has 0 saturated carbocycles. The average molecular weight is 345 g/mol. The molecule has 116 valence electrons. The lowest BCUT2D eigenvalue weighted by Gasteiger charge is -2.03. The van der Waals surface area contributed by atoms with E-state index in [1.807, 2.05) is 25.1 Å². The van der Waals surface area contributed by atoms with Crippen molar-refractivity contribution >= 4 is 46.2 Å². The SMILES string of the molecule is Cc1cccc(O)c1N=C1NC(=O)/C(=C/c2ccc(Cl)cc2)S1. The Morgan fingerprint density at radius 3 is 2.65 bits per heavy atom. The molecule has 6 heteroatoms. The molecule has 0 bridgehead atoms. The summed E-state index contributed by atoms with van der Waals surface area (Å²) in [5, 5.41) is 13.7. The van der Waals surface area contributed by atoms with Gasteiger partial charge in [0.25, 0.3) is 5.91 Å². The fourth-order valence-electron chi connectivity index (χ4n) is 2.08. The van der Waals surface area contributed by atoms with Gasteiger partial charge in [-0.1, -0.05) is 35.9 Å². The van der Waals surface area contributed by atoms with Crippen LogP contribution in [0.1, 0.15) is 11.1 Å². The summed E-state index contributed by atoms with van der Waals surface area (Å²) < 4.78 is 0. The van der Waals surface area contributed by atoms with Crippen LogP contribution >= 0.6 is 23.4 Å². The first kappa shape index (κ1) is 15.6. The summed E-state index contributed by atoms with van der Waals surface area (Å²) >= 11 is 7.09. The average Bonchev–Trinajstić information content (AvgIpc) is 2.85. The Balaban J connectivity index is 1.88. The summed E-state index contributed by atoms with van der Waals surface area (Å²) in [7, 11) is 0. The molecule has 0 atom stereocenters. The van der Waals surface area contributed by atoms with Crippen molar-refractivity contribution in [1.82, 2.24) is 5.32 Å². The van der Waals surface area contributed by atoms with Gasteiger partial charge in [0.05, 0.1) is 4.91 Å². The molecule has 1 aliphatic rings. The van der Waals surface area contributed by atoms with E-state index in [1.54, 1.807) is 30.3 Å². The van der Waals surface area contributed by atoms with Crippen molar-refractivity contribution in [2.75, 3.05) is 0 Å². The van der Waals surface area contributed by atoms with Gasteiger partial charge in [0, 0.05) is 5.02 Å². The van der Waals surface area contributed by atoms with E-state index in [-0.39, 0.29) is 11.7 Å². The quantitative estimate of drug-likeness (QED) is 0.801. The number of amidine groups is 1. The normalized spacial score (nSPS) is 17.7. The molecule has 3 rings (SSSR count). The number of carbonyl (C=O) groups excluding carboxylic acids is 1. The van der Waals surface area contributed by atoms with Crippen molar-refractivity contribution in [3.05, 3.63) is 63.5 Å². The van der Waals surface area contributed by atoms with Gasteiger partial charge in [0.15, 0.2) is 5.17 Å². The molecule has 2 aromatic carbocycles. The van der Waals surface area contributed by atoms with Crippen molar-refractivity contribution in [3.63, 3.8) is 0 Å². The van der Waals surface area contributed by atoms with Gasteiger partial charge in [-0.25, -0.2) is 4.99 Å². The Bertz CT molecular complexity index is 809. The van der Waals surface area contributed by atoms with Gasteiger partial charge >= 0.3 is 0 Å². The Labute approximate surface area is 142 Å². The highest BCUT2D eigenvalue weighted by atomic mass is 35.5. The van der Waals surface area contributed by atoms with Gasteiger partial charge in [-0.05, 0) is 54.1 Å². The third kappa shape index (κ3) is 3.57. The second kappa shape index (κ2) is 6.48. The molecule has 0 spiro atoms. The van der Waals surface area contributed by atoms with Gasteiger partial charge in [0.1, 0.15) is 11.4 Å². The number of hydrogen-bond donors (Lipinski definition) is 2. The van der Waals surface area contributed by atoms with Crippen LogP contribution in [0, 0.1) is 6.92 Å². The lowest BCUT2D eigenvalue weighted by molar-refractivity contribution is -0.115. The van der Waals surface area contributed by atoms with Crippen molar-refractivity contribution in [2.24, 2.45) is 4.99 Å². The third-order valence-electron chi connectivity index (χ3n) is 3.25. The van der Waals surface area contributed by atoms with Crippen LogP contribution in [-0.4, -0.2) is 16.2 Å². The predicted molar refractivity (Wildman–Crippen MR) is 95.1 cm³/mol. The first-order chi connectivity index (χ1) is 11.0. The molecular weight excluding hydrogens is 332 g/mol. The van der Waals surface area contributed by atoms with E-state index in [2.05, 4.69) is 10.3 Å². The van der Waals surface area contributed by atoms with Crippen LogP contribution in [0.25, 0.3) is 6.08 Å². The van der Waals surface area contributed by atoms with Gasteiger partial charge < -0.3 is 10.4 Å². The Hall–Kier alpha value is -2.24. The molecule has 1 aliphatic heterocycles. The standard InChI is InChI=1S/C17H13ClN2O2S/c1-10-3-2-4-13(21)15(10)19-17-20-16(22)14(23-17)9-11-5-7-12(18)8-6-11/h2-9,21H,1H3,(H,19,20,22)/b14-9-. The van der Waals surface area contributed by atoms with Crippen LogP contribution < -0.4 is 5.32 Å². The lowest BCUT2D eigenvalue weighted by atomic mass is 10.2. The lowest BCUT2D eigenvalue weighted by Crippen LogP contribution is -2.19. The maximum Gasteiger partial charge on any atom is 0.264 e. The highest BCUT2D eigenvalue weighted by Gasteiger charge is 2.24. The number of nitrogens with zero attached hydrogens (tertiary/aromatic N) is 1. The van der Waals surface area contributed by atoms with Crippen molar-refractivity contribution in [2.45, 2.75) is 6.92 Å². The maximum atomic E-state index is 12.0. The van der Waals surface area contributed by atoms with E-state index < -0.39 is 0 Å². The zero-order valence-corrected chi connectivity index (χ0v) is 13.8. The molecule has 1 heterocycles. The van der Waals surface area contributed by atoms with Crippen LogP contribution in [0.5, 0.6) is 5.75 Å². The molecule has 1 fully saturated rings. The highest BCUT2D eigenvalue weighted by molar-refractivity contribution is 8.18. The van der Waals surface area contributed by atoms with E-state index in [9.17, 15) is 9.90 Å². The van der Waals surface area contributed by atoms with Gasteiger partial charge in [-0.2, -0.15) is 0 Å². The molecule has 2 N–H and O–H groups in total. The number of phenols is 1. The van der Waals surface area contributed by atoms with E-state index >= 15 is 0 Å². The number of nitrogens with one attached hydrogen (secondary N) is 1. The number of hydrogen-bond acceptors (Lipinski definition) is 4. The molecular formula is C17H13ClN2O2S. The second-order valence-corrected chi connectivity index (χ2v) is 6.44. The van der Waals surface area contributed by atoms with Crippen molar-refractivity contribution < 1.29 is 9.90 Å². The molecule has 4 nitrogen and oxygen atoms in total. The minimum absolute atomic E-state index is 0.0856. The minimum atomic E-state index is -0.211. The number of para-hydroxylation sites is 1. The van der Waals surface area contributed by atoms with Crippen LogP contribution in [-0.2, 0) is 4.79 Å². The number of halogens is 1. The molecule has 0 radical (unpaired) electrons. The predicted octanol–water partition coefficient (Wildman–Crippen LogP) is 4.25. The number of aromatic hydroxyl groups is 1. The van der Waals surface area contributed by atoms with Crippen LogP contribution in [0.2, 0.25) is 5.02 Å². The summed E-state index contributed by atoms with van der Waals surface area (Å²) in [4.78, 5) is 16.9. The highest BCUT2D eigenvalue weighted by Crippen LogP contribution is 2.33. The first-order valence-corrected chi connectivity index (χ1v) is 8.06. The Morgan fingerprint density at radius 2 is 1.96 bits per heavy atom. The zero-order chi connectivity index (χ0) is 16.4. The van der Waals surface area contributed by atoms with Gasteiger partial charge in [0.2, 0.25) is 0 Å².